The molecular formula is C30H20N2. The van der Waals surface area contributed by atoms with Crippen molar-refractivity contribution in [3.05, 3.63) is 121 Å². The van der Waals surface area contributed by atoms with Crippen LogP contribution in [0.4, 0.5) is 0 Å². The summed E-state index contributed by atoms with van der Waals surface area (Å²) in [6.45, 7) is 0. The van der Waals surface area contributed by atoms with E-state index >= 15 is 0 Å². The fourth-order valence-corrected chi connectivity index (χ4v) is 4.41. The van der Waals surface area contributed by atoms with Crippen molar-refractivity contribution >= 4 is 21.7 Å². The van der Waals surface area contributed by atoms with Crippen LogP contribution in [0.3, 0.4) is 0 Å². The Balaban J connectivity index is 1.61. The first-order valence-electron chi connectivity index (χ1n) is 10.8. The molecule has 6 rings (SSSR count). The van der Waals surface area contributed by atoms with E-state index in [4.69, 9.17) is 4.98 Å². The molecular weight excluding hydrogens is 388 g/mol. The first kappa shape index (κ1) is 18.5. The third-order valence-corrected chi connectivity index (χ3v) is 5.93. The highest BCUT2D eigenvalue weighted by Crippen LogP contribution is 2.38. The average Bonchev–Trinajstić information content (AvgIpc) is 2.89. The lowest BCUT2D eigenvalue weighted by molar-refractivity contribution is 1.32. The van der Waals surface area contributed by atoms with Gasteiger partial charge in [-0.2, -0.15) is 0 Å². The maximum Gasteiger partial charge on any atom is 0.0788 e. The van der Waals surface area contributed by atoms with Gasteiger partial charge in [-0.15, -0.1) is 0 Å². The Hall–Kier alpha value is -4.30. The molecule has 0 radical (unpaired) electrons. The number of para-hydroxylation sites is 1. The zero-order valence-electron chi connectivity index (χ0n) is 17.4. The number of hydrogen-bond donors (Lipinski definition) is 0. The highest BCUT2D eigenvalue weighted by molar-refractivity contribution is 6.17. The Kier molecular flexibility index (Phi) is 4.47. The van der Waals surface area contributed by atoms with Crippen molar-refractivity contribution in [1.82, 2.24) is 9.97 Å². The summed E-state index contributed by atoms with van der Waals surface area (Å²) >= 11 is 0. The largest absolute Gasteiger partial charge is 0.256 e. The van der Waals surface area contributed by atoms with E-state index in [0.717, 1.165) is 33.4 Å². The van der Waals surface area contributed by atoms with Crippen molar-refractivity contribution in [2.24, 2.45) is 0 Å². The summed E-state index contributed by atoms with van der Waals surface area (Å²) in [7, 11) is 0. The number of nitrogens with zero attached hydrogens (tertiary/aromatic N) is 2. The van der Waals surface area contributed by atoms with Crippen LogP contribution in [0.25, 0.3) is 55.3 Å². The zero-order valence-corrected chi connectivity index (χ0v) is 17.4. The molecule has 0 spiro atoms. The lowest BCUT2D eigenvalue weighted by Crippen LogP contribution is -1.92. The van der Waals surface area contributed by atoms with Crippen LogP contribution in [0.1, 0.15) is 0 Å². The Labute approximate surface area is 186 Å². The predicted molar refractivity (Wildman–Crippen MR) is 133 cm³/mol. The molecule has 6 aromatic rings. The summed E-state index contributed by atoms with van der Waals surface area (Å²) in [5, 5.41) is 3.58. The topological polar surface area (TPSA) is 25.8 Å². The molecule has 0 saturated carbocycles. The molecule has 0 unspecified atom stereocenters. The molecule has 0 aliphatic carbocycles. The summed E-state index contributed by atoms with van der Waals surface area (Å²) in [5.41, 5.74) is 7.63. The summed E-state index contributed by atoms with van der Waals surface area (Å²) in [4.78, 5) is 9.57. The van der Waals surface area contributed by atoms with Crippen molar-refractivity contribution in [3.63, 3.8) is 0 Å². The maximum atomic E-state index is 5.10. The van der Waals surface area contributed by atoms with E-state index < -0.39 is 0 Å². The molecule has 2 heterocycles. The van der Waals surface area contributed by atoms with Gasteiger partial charge in [0.15, 0.2) is 0 Å². The highest BCUT2D eigenvalue weighted by Gasteiger charge is 2.14. The Morgan fingerprint density at radius 3 is 2.00 bits per heavy atom. The number of aromatic nitrogens is 2. The van der Waals surface area contributed by atoms with Crippen LogP contribution in [0.15, 0.2) is 121 Å². The van der Waals surface area contributed by atoms with Crippen molar-refractivity contribution in [2.75, 3.05) is 0 Å². The van der Waals surface area contributed by atoms with E-state index in [1.54, 1.807) is 0 Å². The minimum atomic E-state index is 0.974. The summed E-state index contributed by atoms with van der Waals surface area (Å²) in [6.07, 6.45) is 1.83. The van der Waals surface area contributed by atoms with E-state index in [9.17, 15) is 0 Å². The Bertz CT molecular complexity index is 1540. The van der Waals surface area contributed by atoms with Crippen LogP contribution in [-0.2, 0) is 0 Å². The molecule has 0 aliphatic rings. The second-order valence-electron chi connectivity index (χ2n) is 7.86. The predicted octanol–water partition coefficient (Wildman–Crippen LogP) is 7.78. The second-order valence-corrected chi connectivity index (χ2v) is 7.86. The van der Waals surface area contributed by atoms with Gasteiger partial charge in [-0.3, -0.25) is 4.98 Å². The molecule has 0 atom stereocenters. The van der Waals surface area contributed by atoms with E-state index in [1.807, 2.05) is 24.4 Å². The molecule has 32 heavy (non-hydrogen) atoms. The smallest absolute Gasteiger partial charge is 0.0788 e. The summed E-state index contributed by atoms with van der Waals surface area (Å²) in [6, 6.07) is 40.1. The molecule has 0 amide bonds. The van der Waals surface area contributed by atoms with Gasteiger partial charge in [-0.25, -0.2) is 4.98 Å². The van der Waals surface area contributed by atoms with Crippen molar-refractivity contribution in [2.45, 2.75) is 0 Å². The highest BCUT2D eigenvalue weighted by atomic mass is 14.7. The van der Waals surface area contributed by atoms with Crippen molar-refractivity contribution < 1.29 is 0 Å². The molecule has 0 saturated heterocycles. The van der Waals surface area contributed by atoms with Gasteiger partial charge < -0.3 is 0 Å². The SMILES string of the molecule is c1ccc(-c2cccc3c(-c4ccc(-c5ccccn5)cc4)nc4ccccc4c23)cc1. The van der Waals surface area contributed by atoms with Gasteiger partial charge in [-0.05, 0) is 29.3 Å². The molecule has 0 aliphatic heterocycles. The third-order valence-electron chi connectivity index (χ3n) is 5.93. The number of rotatable bonds is 3. The lowest BCUT2D eigenvalue weighted by Gasteiger charge is -2.14. The van der Waals surface area contributed by atoms with Crippen LogP contribution < -0.4 is 0 Å². The van der Waals surface area contributed by atoms with Gasteiger partial charge in [0.2, 0.25) is 0 Å². The van der Waals surface area contributed by atoms with Gasteiger partial charge in [0.05, 0.1) is 16.9 Å². The van der Waals surface area contributed by atoms with Gasteiger partial charge in [0.25, 0.3) is 0 Å². The van der Waals surface area contributed by atoms with Gasteiger partial charge in [0.1, 0.15) is 0 Å². The van der Waals surface area contributed by atoms with Crippen molar-refractivity contribution in [1.29, 1.82) is 0 Å². The van der Waals surface area contributed by atoms with E-state index in [2.05, 4.69) is 102 Å². The number of fused-ring (bicyclic) bond motifs is 3. The molecule has 2 heteroatoms. The van der Waals surface area contributed by atoms with Crippen LogP contribution >= 0.6 is 0 Å². The summed E-state index contributed by atoms with van der Waals surface area (Å²) < 4.78 is 0. The molecule has 4 aromatic carbocycles. The fourth-order valence-electron chi connectivity index (χ4n) is 4.41. The Morgan fingerprint density at radius 2 is 1.19 bits per heavy atom. The molecule has 0 fully saturated rings. The van der Waals surface area contributed by atoms with E-state index in [0.29, 0.717) is 0 Å². The minimum Gasteiger partial charge on any atom is -0.256 e. The lowest BCUT2D eigenvalue weighted by atomic mass is 9.93. The van der Waals surface area contributed by atoms with Gasteiger partial charge >= 0.3 is 0 Å². The Morgan fingerprint density at radius 1 is 0.469 bits per heavy atom. The number of hydrogen-bond acceptors (Lipinski definition) is 2. The van der Waals surface area contributed by atoms with Gasteiger partial charge in [-0.1, -0.05) is 97.1 Å². The quantitative estimate of drug-likeness (QED) is 0.279. The second kappa shape index (κ2) is 7.75. The third kappa shape index (κ3) is 3.14. The summed E-state index contributed by atoms with van der Waals surface area (Å²) in [5.74, 6) is 0. The fraction of sp³-hybridized carbons (Fsp3) is 0. The molecule has 2 aromatic heterocycles. The molecule has 150 valence electrons. The number of pyridine rings is 2. The van der Waals surface area contributed by atoms with Crippen LogP contribution in [0.5, 0.6) is 0 Å². The van der Waals surface area contributed by atoms with Crippen LogP contribution in [-0.4, -0.2) is 9.97 Å². The normalized spacial score (nSPS) is 11.1. The zero-order chi connectivity index (χ0) is 21.3. The molecule has 0 N–H and O–H groups in total. The van der Waals surface area contributed by atoms with E-state index in [-0.39, 0.29) is 0 Å². The minimum absolute atomic E-state index is 0.974. The maximum absolute atomic E-state index is 5.10. The molecule has 2 nitrogen and oxygen atoms in total. The van der Waals surface area contributed by atoms with Crippen LogP contribution in [0.2, 0.25) is 0 Å². The first-order valence-corrected chi connectivity index (χ1v) is 10.8. The number of benzene rings is 4. The first-order chi connectivity index (χ1) is 15.9. The molecule has 0 bridgehead atoms. The van der Waals surface area contributed by atoms with Gasteiger partial charge in [0, 0.05) is 33.5 Å². The van der Waals surface area contributed by atoms with Crippen molar-refractivity contribution in [3.8, 4) is 33.6 Å². The monoisotopic (exact) mass is 408 g/mol. The van der Waals surface area contributed by atoms with E-state index in [1.165, 1.54) is 21.9 Å². The average molecular weight is 409 g/mol. The van der Waals surface area contributed by atoms with Crippen LogP contribution in [0, 0.1) is 0 Å². The standard InChI is InChI=1S/C30H20N2/c1-2-9-21(10-3-1)24-12-8-13-26-29(24)25-11-4-5-15-28(25)32-30(26)23-18-16-22(17-19-23)27-14-6-7-20-31-27/h1-20H.